The molecule has 0 saturated heterocycles. The van der Waals surface area contributed by atoms with Crippen molar-refractivity contribution in [1.82, 2.24) is 5.32 Å². The number of nitrogens with one attached hydrogen (secondary N) is 2. The van der Waals surface area contributed by atoms with Crippen molar-refractivity contribution in [1.29, 1.82) is 0 Å². The molecule has 0 aromatic heterocycles. The predicted molar refractivity (Wildman–Crippen MR) is 123 cm³/mol. The van der Waals surface area contributed by atoms with Crippen molar-refractivity contribution in [3.8, 4) is 0 Å². The summed E-state index contributed by atoms with van der Waals surface area (Å²) in [5, 5.41) is 3.58. The average molecular weight is 469 g/mol. The number of anilines is 1. The van der Waals surface area contributed by atoms with E-state index in [1.54, 1.807) is 24.3 Å². The van der Waals surface area contributed by atoms with Gasteiger partial charge in [0.2, 0.25) is 0 Å². The zero-order valence-electron chi connectivity index (χ0n) is 17.4. The second-order valence-electron chi connectivity index (χ2n) is 6.92. The molecule has 0 aliphatic carbocycles. The molecule has 0 aliphatic rings. The van der Waals surface area contributed by atoms with Crippen molar-refractivity contribution in [3.05, 3.63) is 107 Å². The zero-order chi connectivity index (χ0) is 23.7. The fourth-order valence-corrected chi connectivity index (χ4v) is 3.57. The molecule has 33 heavy (non-hydrogen) atoms. The number of carbonyl (C=O) groups is 2. The van der Waals surface area contributed by atoms with Crippen LogP contribution in [0.15, 0.2) is 84.3 Å². The minimum absolute atomic E-state index is 0.0774. The van der Waals surface area contributed by atoms with Crippen LogP contribution in [0.1, 0.15) is 21.5 Å². The largest absolute Gasteiger partial charge is 0.452 e. The van der Waals surface area contributed by atoms with Gasteiger partial charge in [-0.1, -0.05) is 48.5 Å². The van der Waals surface area contributed by atoms with E-state index in [0.717, 1.165) is 11.0 Å². The first kappa shape index (κ1) is 23.7. The van der Waals surface area contributed by atoms with Crippen LogP contribution in [-0.4, -0.2) is 26.9 Å². The molecule has 3 aromatic carbocycles. The quantitative estimate of drug-likeness (QED) is 0.466. The lowest BCUT2D eigenvalue weighted by atomic mass is 10.2. The van der Waals surface area contributed by atoms with Gasteiger partial charge in [-0.25, -0.2) is 17.6 Å². The second-order valence-corrected chi connectivity index (χ2v) is 8.49. The van der Waals surface area contributed by atoms with Gasteiger partial charge in [0.25, 0.3) is 15.9 Å². The fraction of sp³-hybridized carbons (Fsp3) is 0.0833. The van der Waals surface area contributed by atoms with Gasteiger partial charge in [0.1, 0.15) is 5.82 Å². The highest BCUT2D eigenvalue weighted by Crippen LogP contribution is 2.15. The fourth-order valence-electron chi connectivity index (χ4n) is 2.71. The molecule has 0 bridgehead atoms. The molecular formula is C24H21FN2O5S. The summed E-state index contributed by atoms with van der Waals surface area (Å²) in [6, 6.07) is 20.3. The highest BCUT2D eigenvalue weighted by Gasteiger charge is 2.13. The molecule has 0 radical (unpaired) electrons. The van der Waals surface area contributed by atoms with E-state index in [1.807, 2.05) is 6.07 Å². The van der Waals surface area contributed by atoms with Crippen LogP contribution in [0, 0.1) is 5.82 Å². The van der Waals surface area contributed by atoms with Crippen LogP contribution in [0.4, 0.5) is 10.1 Å². The zero-order valence-corrected chi connectivity index (χ0v) is 18.2. The molecule has 0 spiro atoms. The number of esters is 1. The summed E-state index contributed by atoms with van der Waals surface area (Å²) < 4.78 is 44.8. The average Bonchev–Trinajstić information content (AvgIpc) is 2.81. The van der Waals surface area contributed by atoms with Gasteiger partial charge in [-0.3, -0.25) is 9.52 Å². The minimum atomic E-state index is -3.81. The lowest BCUT2D eigenvalue weighted by Crippen LogP contribution is -2.28. The molecule has 1 amide bonds. The maximum absolute atomic E-state index is 12.9. The molecule has 0 unspecified atom stereocenters. The Labute approximate surface area is 191 Å². The summed E-state index contributed by atoms with van der Waals surface area (Å²) in [5.41, 5.74) is 1.66. The Kier molecular flexibility index (Phi) is 7.93. The summed E-state index contributed by atoms with van der Waals surface area (Å²) in [7, 11) is -3.81. The van der Waals surface area contributed by atoms with Crippen molar-refractivity contribution in [2.24, 2.45) is 0 Å². The Balaban J connectivity index is 1.52. The lowest BCUT2D eigenvalue weighted by Gasteiger charge is -2.09. The summed E-state index contributed by atoms with van der Waals surface area (Å²) >= 11 is 0. The van der Waals surface area contributed by atoms with E-state index in [1.165, 1.54) is 54.6 Å². The molecular weight excluding hydrogens is 447 g/mol. The molecule has 0 fully saturated rings. The van der Waals surface area contributed by atoms with E-state index < -0.39 is 28.5 Å². The maximum Gasteiger partial charge on any atom is 0.338 e. The molecule has 3 rings (SSSR count). The third kappa shape index (κ3) is 7.89. The smallest absolute Gasteiger partial charge is 0.338 e. The van der Waals surface area contributed by atoms with E-state index in [-0.39, 0.29) is 23.6 Å². The third-order valence-electron chi connectivity index (χ3n) is 4.33. The van der Waals surface area contributed by atoms with Gasteiger partial charge >= 0.3 is 5.97 Å². The Hall–Kier alpha value is -3.98. The number of carbonyl (C=O) groups excluding carboxylic acids is 2. The first-order valence-corrected chi connectivity index (χ1v) is 11.4. The minimum Gasteiger partial charge on any atom is -0.452 e. The van der Waals surface area contributed by atoms with Crippen LogP contribution in [0.5, 0.6) is 0 Å². The van der Waals surface area contributed by atoms with Crippen molar-refractivity contribution in [2.75, 3.05) is 11.3 Å². The first-order chi connectivity index (χ1) is 15.8. The van der Waals surface area contributed by atoms with Crippen LogP contribution in [-0.2, 0) is 26.1 Å². The Morgan fingerprint density at radius 2 is 1.67 bits per heavy atom. The maximum atomic E-state index is 12.9. The number of ether oxygens (including phenoxy) is 1. The van der Waals surface area contributed by atoms with Crippen molar-refractivity contribution < 1.29 is 27.1 Å². The highest BCUT2D eigenvalue weighted by molar-refractivity contribution is 7.95. The van der Waals surface area contributed by atoms with E-state index >= 15 is 0 Å². The van der Waals surface area contributed by atoms with Crippen LogP contribution < -0.4 is 10.0 Å². The SMILES string of the molecule is O=C(COC(=O)c1cccc(NS(=O)(=O)C=Cc2ccccc2)c1)NCc1ccc(F)cc1. The Morgan fingerprint density at radius 1 is 0.939 bits per heavy atom. The second kappa shape index (κ2) is 11.1. The van der Waals surface area contributed by atoms with Gasteiger partial charge in [-0.05, 0) is 47.5 Å². The Bertz CT molecular complexity index is 1240. The van der Waals surface area contributed by atoms with Crippen molar-refractivity contribution in [2.45, 2.75) is 6.54 Å². The van der Waals surface area contributed by atoms with Gasteiger partial charge in [-0.2, -0.15) is 0 Å². The molecule has 7 nitrogen and oxygen atoms in total. The summed E-state index contributed by atoms with van der Waals surface area (Å²) in [6.07, 6.45) is 1.45. The number of hydrogen-bond donors (Lipinski definition) is 2. The van der Waals surface area contributed by atoms with Gasteiger partial charge < -0.3 is 10.1 Å². The number of halogens is 1. The van der Waals surface area contributed by atoms with Gasteiger partial charge in [0, 0.05) is 12.2 Å². The van der Waals surface area contributed by atoms with Crippen LogP contribution in [0.2, 0.25) is 0 Å². The van der Waals surface area contributed by atoms with Crippen LogP contribution in [0.25, 0.3) is 6.08 Å². The lowest BCUT2D eigenvalue weighted by molar-refractivity contribution is -0.124. The van der Waals surface area contributed by atoms with Gasteiger partial charge in [0.15, 0.2) is 6.61 Å². The highest BCUT2D eigenvalue weighted by atomic mass is 32.2. The standard InChI is InChI=1S/C24H21FN2O5S/c25-21-11-9-19(10-12-21)16-26-23(28)17-32-24(29)20-7-4-8-22(15-20)27-33(30,31)14-13-18-5-2-1-3-6-18/h1-15,27H,16-17H2,(H,26,28). The summed E-state index contributed by atoms with van der Waals surface area (Å²) in [6.45, 7) is -0.361. The monoisotopic (exact) mass is 468 g/mol. The van der Waals surface area contributed by atoms with Gasteiger partial charge in [-0.15, -0.1) is 0 Å². The molecule has 0 saturated carbocycles. The van der Waals surface area contributed by atoms with Crippen LogP contribution >= 0.6 is 0 Å². The molecule has 0 heterocycles. The van der Waals surface area contributed by atoms with Crippen LogP contribution in [0.3, 0.4) is 0 Å². The van der Waals surface area contributed by atoms with E-state index in [0.29, 0.717) is 5.56 Å². The molecule has 170 valence electrons. The van der Waals surface area contributed by atoms with Crippen molar-refractivity contribution in [3.63, 3.8) is 0 Å². The molecule has 0 atom stereocenters. The molecule has 2 N–H and O–H groups in total. The number of rotatable bonds is 9. The predicted octanol–water partition coefficient (Wildman–Crippen LogP) is 3.71. The third-order valence-corrected chi connectivity index (χ3v) is 5.35. The number of benzene rings is 3. The number of amides is 1. The summed E-state index contributed by atoms with van der Waals surface area (Å²) in [5.74, 6) is -1.70. The number of sulfonamides is 1. The van der Waals surface area contributed by atoms with Crippen molar-refractivity contribution >= 4 is 33.7 Å². The Morgan fingerprint density at radius 3 is 2.39 bits per heavy atom. The summed E-state index contributed by atoms with van der Waals surface area (Å²) in [4.78, 5) is 24.2. The van der Waals surface area contributed by atoms with E-state index in [9.17, 15) is 22.4 Å². The normalized spacial score (nSPS) is 11.2. The number of hydrogen-bond acceptors (Lipinski definition) is 5. The molecule has 9 heteroatoms. The molecule has 3 aromatic rings. The first-order valence-electron chi connectivity index (χ1n) is 9.85. The van der Waals surface area contributed by atoms with Gasteiger partial charge in [0.05, 0.1) is 11.0 Å². The molecule has 0 aliphatic heterocycles. The topological polar surface area (TPSA) is 102 Å². The van der Waals surface area contributed by atoms with E-state index in [4.69, 9.17) is 4.74 Å². The van der Waals surface area contributed by atoms with E-state index in [2.05, 4.69) is 10.0 Å².